The Balaban J connectivity index is 1.79. The van der Waals surface area contributed by atoms with Crippen molar-refractivity contribution in [3.63, 3.8) is 0 Å². The second-order valence-corrected chi connectivity index (χ2v) is 5.94. The standard InChI is InChI=1S/C16H21N3OS/c1-12(15-4-3-11-21-15)19(2)9-10-20-14-7-5-13(6-8-14)16(17)18/h3-8,11-12H,9-10H2,1-2H3,(H3,17,18). The van der Waals surface area contributed by atoms with Crippen molar-refractivity contribution in [2.45, 2.75) is 13.0 Å². The number of ether oxygens (including phenoxy) is 1. The van der Waals surface area contributed by atoms with Gasteiger partial charge in [0.1, 0.15) is 18.2 Å². The number of hydrogen-bond donors (Lipinski definition) is 2. The highest BCUT2D eigenvalue weighted by Gasteiger charge is 2.12. The highest BCUT2D eigenvalue weighted by Crippen LogP contribution is 2.23. The first-order valence-electron chi connectivity index (χ1n) is 6.89. The topological polar surface area (TPSA) is 62.3 Å². The molecule has 0 spiro atoms. The fourth-order valence-electron chi connectivity index (χ4n) is 1.98. The summed E-state index contributed by atoms with van der Waals surface area (Å²) in [6.07, 6.45) is 0. The van der Waals surface area contributed by atoms with Gasteiger partial charge >= 0.3 is 0 Å². The van der Waals surface area contributed by atoms with Crippen LogP contribution in [-0.2, 0) is 0 Å². The largest absolute Gasteiger partial charge is 0.492 e. The lowest BCUT2D eigenvalue weighted by Crippen LogP contribution is -2.26. The molecule has 0 fully saturated rings. The summed E-state index contributed by atoms with van der Waals surface area (Å²) >= 11 is 1.78. The van der Waals surface area contributed by atoms with Gasteiger partial charge < -0.3 is 10.5 Å². The minimum atomic E-state index is 0.0751. The number of benzene rings is 1. The smallest absolute Gasteiger partial charge is 0.122 e. The molecule has 2 rings (SSSR count). The highest BCUT2D eigenvalue weighted by molar-refractivity contribution is 7.10. The molecule has 5 heteroatoms. The summed E-state index contributed by atoms with van der Waals surface area (Å²) < 4.78 is 5.73. The maximum absolute atomic E-state index is 7.35. The average Bonchev–Trinajstić information content (AvgIpc) is 3.01. The molecular weight excluding hydrogens is 282 g/mol. The van der Waals surface area contributed by atoms with Gasteiger partial charge in [-0.1, -0.05) is 6.07 Å². The Bertz CT molecular complexity index is 566. The van der Waals surface area contributed by atoms with Crippen molar-refractivity contribution in [2.75, 3.05) is 20.2 Å². The molecule has 0 aliphatic carbocycles. The number of rotatable bonds is 7. The number of thiophene rings is 1. The fourth-order valence-corrected chi connectivity index (χ4v) is 2.83. The van der Waals surface area contributed by atoms with E-state index in [1.54, 1.807) is 23.5 Å². The molecule has 1 aromatic heterocycles. The van der Waals surface area contributed by atoms with Crippen molar-refractivity contribution in [2.24, 2.45) is 5.73 Å². The lowest BCUT2D eigenvalue weighted by Gasteiger charge is -2.23. The Kier molecular flexibility index (Phi) is 5.36. The van der Waals surface area contributed by atoms with Crippen LogP contribution in [0, 0.1) is 5.41 Å². The Morgan fingerprint density at radius 2 is 2.05 bits per heavy atom. The second kappa shape index (κ2) is 7.24. The molecule has 1 atom stereocenters. The van der Waals surface area contributed by atoms with E-state index >= 15 is 0 Å². The van der Waals surface area contributed by atoms with Crippen molar-refractivity contribution >= 4 is 17.2 Å². The molecule has 0 amide bonds. The number of nitrogen functional groups attached to an aromatic ring is 1. The van der Waals surface area contributed by atoms with Gasteiger partial charge in [0.2, 0.25) is 0 Å². The minimum absolute atomic E-state index is 0.0751. The normalized spacial score (nSPS) is 12.3. The van der Waals surface area contributed by atoms with Crippen LogP contribution in [0.15, 0.2) is 41.8 Å². The maximum atomic E-state index is 7.35. The lowest BCUT2D eigenvalue weighted by molar-refractivity contribution is 0.202. The SMILES string of the molecule is CC(c1cccs1)N(C)CCOc1ccc(C(=N)N)cc1. The molecule has 0 aliphatic rings. The van der Waals surface area contributed by atoms with E-state index in [1.165, 1.54) is 4.88 Å². The highest BCUT2D eigenvalue weighted by atomic mass is 32.1. The number of amidine groups is 1. The molecule has 1 aromatic carbocycles. The molecule has 112 valence electrons. The molecule has 0 saturated carbocycles. The summed E-state index contributed by atoms with van der Waals surface area (Å²) in [7, 11) is 2.10. The van der Waals surface area contributed by atoms with Gasteiger partial charge in [0.05, 0.1) is 0 Å². The predicted octanol–water partition coefficient (Wildman–Crippen LogP) is 3.10. The lowest BCUT2D eigenvalue weighted by atomic mass is 10.2. The zero-order valence-electron chi connectivity index (χ0n) is 12.4. The van der Waals surface area contributed by atoms with Crippen LogP contribution in [0.5, 0.6) is 5.75 Å². The van der Waals surface area contributed by atoms with Gasteiger partial charge in [0, 0.05) is 23.0 Å². The first-order valence-corrected chi connectivity index (χ1v) is 7.77. The Morgan fingerprint density at radius 1 is 1.33 bits per heavy atom. The van der Waals surface area contributed by atoms with Crippen LogP contribution < -0.4 is 10.5 Å². The predicted molar refractivity (Wildman–Crippen MR) is 88.3 cm³/mol. The molecule has 0 bridgehead atoms. The monoisotopic (exact) mass is 303 g/mol. The van der Waals surface area contributed by atoms with Crippen LogP contribution in [0.4, 0.5) is 0 Å². The van der Waals surface area contributed by atoms with E-state index in [-0.39, 0.29) is 5.84 Å². The summed E-state index contributed by atoms with van der Waals surface area (Å²) in [6.45, 7) is 3.69. The van der Waals surface area contributed by atoms with Crippen LogP contribution in [0.1, 0.15) is 23.4 Å². The van der Waals surface area contributed by atoms with Crippen LogP contribution in [0.25, 0.3) is 0 Å². The van der Waals surface area contributed by atoms with E-state index in [1.807, 2.05) is 12.1 Å². The number of nitrogens with zero attached hydrogens (tertiary/aromatic N) is 1. The first-order chi connectivity index (χ1) is 10.1. The molecule has 2 aromatic rings. The van der Waals surface area contributed by atoms with Crippen LogP contribution in [-0.4, -0.2) is 30.9 Å². The number of nitrogens with two attached hydrogens (primary N) is 1. The molecule has 4 nitrogen and oxygen atoms in total. The number of hydrogen-bond acceptors (Lipinski definition) is 4. The number of nitrogens with one attached hydrogen (secondary N) is 1. The third-order valence-electron chi connectivity index (χ3n) is 3.49. The summed E-state index contributed by atoms with van der Waals surface area (Å²) in [6, 6.07) is 11.9. The second-order valence-electron chi connectivity index (χ2n) is 4.96. The summed E-state index contributed by atoms with van der Waals surface area (Å²) in [5, 5.41) is 9.45. The van der Waals surface area contributed by atoms with Gasteiger partial charge in [0.15, 0.2) is 0 Å². The first kappa shape index (κ1) is 15.5. The third kappa shape index (κ3) is 4.31. The van der Waals surface area contributed by atoms with Crippen LogP contribution in [0.3, 0.4) is 0 Å². The van der Waals surface area contributed by atoms with E-state index in [9.17, 15) is 0 Å². The van der Waals surface area contributed by atoms with Gasteiger partial charge in [-0.3, -0.25) is 10.3 Å². The van der Waals surface area contributed by atoms with E-state index in [4.69, 9.17) is 15.9 Å². The quantitative estimate of drug-likeness (QED) is 0.610. The molecule has 0 radical (unpaired) electrons. The van der Waals surface area contributed by atoms with E-state index < -0.39 is 0 Å². The Hall–Kier alpha value is -1.85. The van der Waals surface area contributed by atoms with Crippen molar-refractivity contribution in [3.8, 4) is 5.75 Å². The van der Waals surface area contributed by atoms with E-state index in [0.29, 0.717) is 18.2 Å². The fraction of sp³-hybridized carbons (Fsp3) is 0.312. The van der Waals surface area contributed by atoms with E-state index in [0.717, 1.165) is 12.3 Å². The maximum Gasteiger partial charge on any atom is 0.122 e. The molecule has 0 aliphatic heterocycles. The van der Waals surface area contributed by atoms with Gasteiger partial charge in [0.25, 0.3) is 0 Å². The van der Waals surface area contributed by atoms with Crippen molar-refractivity contribution in [3.05, 3.63) is 52.2 Å². The third-order valence-corrected chi connectivity index (χ3v) is 4.54. The van der Waals surface area contributed by atoms with Crippen LogP contribution in [0.2, 0.25) is 0 Å². The van der Waals surface area contributed by atoms with Gasteiger partial charge in [-0.25, -0.2) is 0 Å². The zero-order valence-corrected chi connectivity index (χ0v) is 13.2. The summed E-state index contributed by atoms with van der Waals surface area (Å²) in [5.74, 6) is 0.878. The van der Waals surface area contributed by atoms with E-state index in [2.05, 4.69) is 36.4 Å². The molecule has 1 unspecified atom stereocenters. The van der Waals surface area contributed by atoms with Crippen molar-refractivity contribution in [1.82, 2.24) is 4.90 Å². The Morgan fingerprint density at radius 3 is 2.62 bits per heavy atom. The molecular formula is C16H21N3OS. The zero-order chi connectivity index (χ0) is 15.2. The number of likely N-dealkylation sites (N-methyl/N-ethyl adjacent to an activating group) is 1. The van der Waals surface area contributed by atoms with Crippen molar-refractivity contribution < 1.29 is 4.74 Å². The molecule has 1 heterocycles. The van der Waals surface area contributed by atoms with Gasteiger partial charge in [-0.05, 0) is 49.7 Å². The average molecular weight is 303 g/mol. The van der Waals surface area contributed by atoms with Crippen molar-refractivity contribution in [1.29, 1.82) is 5.41 Å². The summed E-state index contributed by atoms with van der Waals surface area (Å²) in [4.78, 5) is 3.64. The van der Waals surface area contributed by atoms with Gasteiger partial charge in [-0.2, -0.15) is 0 Å². The molecule has 21 heavy (non-hydrogen) atoms. The van der Waals surface area contributed by atoms with Gasteiger partial charge in [-0.15, -0.1) is 11.3 Å². The summed E-state index contributed by atoms with van der Waals surface area (Å²) in [5.41, 5.74) is 6.13. The minimum Gasteiger partial charge on any atom is -0.492 e. The molecule has 3 N–H and O–H groups in total. The Labute approximate surface area is 129 Å². The van der Waals surface area contributed by atoms with Crippen LogP contribution >= 0.6 is 11.3 Å². The molecule has 0 saturated heterocycles.